The largest absolute Gasteiger partial charge is 0.277 e. The number of aliphatic imine (C=N–C) groups is 1. The number of hydrogen-bond acceptors (Lipinski definition) is 3. The van der Waals surface area contributed by atoms with Crippen LogP contribution in [0.1, 0.15) is 0 Å². The van der Waals surface area contributed by atoms with E-state index in [1.165, 1.54) is 0 Å². The molecule has 4 nitrogen and oxygen atoms in total. The molecule has 1 N–H and O–H groups in total. The van der Waals surface area contributed by atoms with Crippen molar-refractivity contribution in [2.75, 3.05) is 6.54 Å². The van der Waals surface area contributed by atoms with Crippen molar-refractivity contribution in [3.05, 3.63) is 0 Å². The highest BCUT2D eigenvalue weighted by molar-refractivity contribution is 6.65. The molecule has 1 amide bonds. The van der Waals surface area contributed by atoms with Gasteiger partial charge in [0.25, 0.3) is 5.91 Å². The van der Waals surface area contributed by atoms with Gasteiger partial charge in [-0.05, 0) is 11.6 Å². The zero-order valence-electron chi connectivity index (χ0n) is 4.27. The van der Waals surface area contributed by atoms with Crippen molar-refractivity contribution in [3.63, 3.8) is 0 Å². The van der Waals surface area contributed by atoms with E-state index in [0.717, 1.165) is 4.53 Å². The predicted molar refractivity (Wildman–Crippen MR) is 34.0 cm³/mol. The first-order valence-electron chi connectivity index (χ1n) is 2.15. The van der Waals surface area contributed by atoms with Crippen molar-refractivity contribution < 1.29 is 4.79 Å². The predicted octanol–water partition coefficient (Wildman–Crippen LogP) is 0.0818. The van der Waals surface area contributed by atoms with Crippen LogP contribution in [0.3, 0.4) is 0 Å². The second-order valence-electron chi connectivity index (χ2n) is 1.39. The van der Waals surface area contributed by atoms with Crippen LogP contribution in [0, 0.1) is 0 Å². The summed E-state index contributed by atoms with van der Waals surface area (Å²) in [6, 6.07) is 0. The van der Waals surface area contributed by atoms with Crippen LogP contribution in [0.2, 0.25) is 0 Å². The quantitative estimate of drug-likeness (QED) is 0.411. The molecule has 50 valence electrons. The molecule has 0 aliphatic carbocycles. The van der Waals surface area contributed by atoms with Crippen LogP contribution in [0.5, 0.6) is 0 Å². The molecule has 1 aliphatic rings. The molecule has 1 heterocycles. The minimum atomic E-state index is -0.318. The zero-order chi connectivity index (χ0) is 6.85. The summed E-state index contributed by atoms with van der Waals surface area (Å²) in [4.78, 5) is 14.1. The van der Waals surface area contributed by atoms with Gasteiger partial charge in [-0.3, -0.25) is 10.2 Å². The SMILES string of the molecule is O=C1CN=C(Cl)NN1Cl. The Kier molecular flexibility index (Phi) is 1.78. The maximum atomic E-state index is 10.5. The van der Waals surface area contributed by atoms with Crippen LogP contribution >= 0.6 is 23.4 Å². The fourth-order valence-electron chi connectivity index (χ4n) is 0.378. The first-order valence-corrected chi connectivity index (χ1v) is 2.87. The van der Waals surface area contributed by atoms with Gasteiger partial charge in [0.05, 0.1) is 0 Å². The molecule has 0 bridgehead atoms. The van der Waals surface area contributed by atoms with Crippen LogP contribution in [-0.2, 0) is 4.79 Å². The number of halogens is 2. The van der Waals surface area contributed by atoms with Crippen molar-refractivity contribution in [1.82, 2.24) is 9.95 Å². The van der Waals surface area contributed by atoms with E-state index in [9.17, 15) is 4.79 Å². The highest BCUT2D eigenvalue weighted by Gasteiger charge is 2.15. The standard InChI is InChI=1S/C3H3Cl2N3O/c4-3-6-1-2(9)8(5)7-3/h1H2,(H,6,7). The molecule has 0 radical (unpaired) electrons. The summed E-state index contributed by atoms with van der Waals surface area (Å²) >= 11 is 10.6. The maximum absolute atomic E-state index is 10.5. The average molecular weight is 168 g/mol. The first kappa shape index (κ1) is 6.64. The van der Waals surface area contributed by atoms with Gasteiger partial charge in [0.15, 0.2) is 0 Å². The van der Waals surface area contributed by atoms with Gasteiger partial charge in [-0.15, -0.1) is 0 Å². The van der Waals surface area contributed by atoms with Crippen LogP contribution in [0.25, 0.3) is 0 Å². The van der Waals surface area contributed by atoms with Gasteiger partial charge in [-0.25, -0.2) is 4.99 Å². The number of carbonyl (C=O) groups is 1. The number of hydrogen-bond donors (Lipinski definition) is 1. The fraction of sp³-hybridized carbons (Fsp3) is 0.333. The minimum absolute atomic E-state index is 0.00926. The lowest BCUT2D eigenvalue weighted by Gasteiger charge is -2.17. The monoisotopic (exact) mass is 167 g/mol. The second-order valence-corrected chi connectivity index (χ2v) is 2.09. The van der Waals surface area contributed by atoms with Crippen LogP contribution in [0.15, 0.2) is 4.99 Å². The fourth-order valence-corrected chi connectivity index (χ4v) is 0.699. The van der Waals surface area contributed by atoms with Gasteiger partial charge >= 0.3 is 0 Å². The molecule has 0 fully saturated rings. The normalized spacial score (nSPS) is 19.1. The van der Waals surface area contributed by atoms with E-state index in [0.29, 0.717) is 0 Å². The Hall–Kier alpha value is -0.480. The molecule has 1 aliphatic heterocycles. The second kappa shape index (κ2) is 2.41. The summed E-state index contributed by atoms with van der Waals surface area (Å²) in [6.45, 7) is 0.00926. The molecule has 0 atom stereocenters. The van der Waals surface area contributed by atoms with Crippen molar-refractivity contribution in [3.8, 4) is 0 Å². The molecular weight excluding hydrogens is 165 g/mol. The molecule has 9 heavy (non-hydrogen) atoms. The smallest absolute Gasteiger partial charge is 0.269 e. The highest BCUT2D eigenvalue weighted by atomic mass is 35.5. The molecule has 0 aromatic carbocycles. The molecule has 6 heteroatoms. The lowest BCUT2D eigenvalue weighted by atomic mass is 10.6. The van der Waals surface area contributed by atoms with Crippen LogP contribution in [-0.4, -0.2) is 22.3 Å². The van der Waals surface area contributed by atoms with E-state index in [1.54, 1.807) is 0 Å². The Labute approximate surface area is 61.5 Å². The Morgan fingerprint density at radius 2 is 2.44 bits per heavy atom. The first-order chi connectivity index (χ1) is 4.20. The zero-order valence-corrected chi connectivity index (χ0v) is 5.78. The molecule has 0 aromatic heterocycles. The molecular formula is C3H3Cl2N3O. The Bertz CT molecular complexity index is 168. The van der Waals surface area contributed by atoms with Crippen molar-refractivity contribution in [2.24, 2.45) is 4.99 Å². The number of amides is 1. The van der Waals surface area contributed by atoms with E-state index in [1.807, 2.05) is 0 Å². The average Bonchev–Trinajstić information content (AvgIpc) is 1.80. The van der Waals surface area contributed by atoms with E-state index in [2.05, 4.69) is 10.4 Å². The molecule has 0 saturated carbocycles. The molecule has 0 spiro atoms. The summed E-state index contributed by atoms with van der Waals surface area (Å²) in [5, 5.41) is 0.129. The minimum Gasteiger partial charge on any atom is -0.269 e. The number of carbonyl (C=O) groups excluding carboxylic acids is 1. The number of nitrogens with zero attached hydrogens (tertiary/aromatic N) is 2. The van der Waals surface area contributed by atoms with Crippen molar-refractivity contribution >= 4 is 34.6 Å². The Morgan fingerprint density at radius 1 is 1.78 bits per heavy atom. The van der Waals surface area contributed by atoms with Gasteiger partial charge in [-0.1, -0.05) is 0 Å². The van der Waals surface area contributed by atoms with E-state index < -0.39 is 0 Å². The number of hydrazine groups is 1. The molecule has 0 saturated heterocycles. The number of nitrogens with one attached hydrogen (secondary N) is 1. The summed E-state index contributed by atoms with van der Waals surface area (Å²) in [5.41, 5.74) is 2.29. The maximum Gasteiger partial charge on any atom is 0.277 e. The lowest BCUT2D eigenvalue weighted by molar-refractivity contribution is -0.126. The third-order valence-electron chi connectivity index (χ3n) is 0.763. The molecule has 1 rings (SSSR count). The summed E-state index contributed by atoms with van der Waals surface area (Å²) < 4.78 is 0.773. The van der Waals surface area contributed by atoms with Gasteiger partial charge < -0.3 is 0 Å². The van der Waals surface area contributed by atoms with Crippen LogP contribution in [0.4, 0.5) is 0 Å². The number of rotatable bonds is 0. The highest BCUT2D eigenvalue weighted by Crippen LogP contribution is 1.98. The van der Waals surface area contributed by atoms with Gasteiger partial charge in [0.1, 0.15) is 6.54 Å². The summed E-state index contributed by atoms with van der Waals surface area (Å²) in [5.74, 6) is -0.318. The Morgan fingerprint density at radius 3 is 2.89 bits per heavy atom. The van der Waals surface area contributed by atoms with E-state index in [4.69, 9.17) is 23.4 Å². The third-order valence-corrected chi connectivity index (χ3v) is 1.24. The van der Waals surface area contributed by atoms with Gasteiger partial charge in [0.2, 0.25) is 5.29 Å². The third kappa shape index (κ3) is 1.46. The summed E-state index contributed by atoms with van der Waals surface area (Å²) in [6.07, 6.45) is 0. The lowest BCUT2D eigenvalue weighted by Crippen LogP contribution is -2.42. The van der Waals surface area contributed by atoms with E-state index in [-0.39, 0.29) is 17.7 Å². The van der Waals surface area contributed by atoms with Crippen LogP contribution < -0.4 is 5.43 Å². The van der Waals surface area contributed by atoms with Crippen molar-refractivity contribution in [2.45, 2.75) is 0 Å². The van der Waals surface area contributed by atoms with E-state index >= 15 is 0 Å². The summed E-state index contributed by atoms with van der Waals surface area (Å²) in [7, 11) is 0. The van der Waals surface area contributed by atoms with Crippen molar-refractivity contribution in [1.29, 1.82) is 0 Å². The Balaban J connectivity index is 2.65. The number of amidine groups is 1. The molecule has 0 unspecified atom stereocenters. The van der Waals surface area contributed by atoms with Gasteiger partial charge in [-0.2, -0.15) is 4.53 Å². The molecule has 0 aromatic rings. The topological polar surface area (TPSA) is 44.7 Å². The van der Waals surface area contributed by atoms with Gasteiger partial charge in [0, 0.05) is 11.8 Å².